The summed E-state index contributed by atoms with van der Waals surface area (Å²) in [5.74, 6) is 5.86. The molecule has 0 aliphatic rings. The number of anilines is 2. The molecule has 1 rings (SSSR count). The summed E-state index contributed by atoms with van der Waals surface area (Å²) >= 11 is 0. The van der Waals surface area contributed by atoms with Crippen molar-refractivity contribution in [3.05, 3.63) is 18.3 Å². The van der Waals surface area contributed by atoms with E-state index in [1.807, 2.05) is 31.1 Å². The van der Waals surface area contributed by atoms with E-state index in [0.29, 0.717) is 5.82 Å². The number of nitrogens with two attached hydrogens (primary N) is 1. The SMILES string of the molecule is CN(C)c1ccnc(NN)c1. The fourth-order valence-corrected chi connectivity index (χ4v) is 0.776. The Balaban J connectivity index is 2.91. The number of nitrogens with one attached hydrogen (secondary N) is 1. The molecule has 1 aromatic rings. The smallest absolute Gasteiger partial charge is 0.141 e. The molecule has 4 heteroatoms. The van der Waals surface area contributed by atoms with Gasteiger partial charge in [0.05, 0.1) is 0 Å². The molecule has 3 N–H and O–H groups in total. The molecule has 11 heavy (non-hydrogen) atoms. The number of nitrogen functional groups attached to an aromatic ring is 1. The van der Waals surface area contributed by atoms with Crippen LogP contribution in [0.15, 0.2) is 18.3 Å². The molecule has 0 aliphatic carbocycles. The third-order valence-electron chi connectivity index (χ3n) is 1.41. The minimum Gasteiger partial charge on any atom is -0.378 e. The monoisotopic (exact) mass is 152 g/mol. The molecule has 0 saturated heterocycles. The molecule has 0 saturated carbocycles. The highest BCUT2D eigenvalue weighted by Gasteiger charge is 1.95. The molecule has 0 radical (unpaired) electrons. The van der Waals surface area contributed by atoms with E-state index in [1.165, 1.54) is 0 Å². The molecule has 1 aromatic heterocycles. The van der Waals surface area contributed by atoms with Crippen LogP contribution in [0.3, 0.4) is 0 Å². The maximum atomic E-state index is 5.19. The lowest BCUT2D eigenvalue weighted by molar-refractivity contribution is 1.11. The molecule has 0 aromatic carbocycles. The molecule has 0 atom stereocenters. The van der Waals surface area contributed by atoms with Crippen LogP contribution in [-0.4, -0.2) is 19.1 Å². The number of rotatable bonds is 2. The van der Waals surface area contributed by atoms with Crippen molar-refractivity contribution < 1.29 is 0 Å². The van der Waals surface area contributed by atoms with E-state index in [2.05, 4.69) is 10.4 Å². The van der Waals surface area contributed by atoms with Crippen molar-refractivity contribution in [2.75, 3.05) is 24.4 Å². The zero-order valence-electron chi connectivity index (χ0n) is 6.70. The summed E-state index contributed by atoms with van der Waals surface area (Å²) < 4.78 is 0. The highest BCUT2D eigenvalue weighted by Crippen LogP contribution is 2.12. The minimum absolute atomic E-state index is 0.677. The number of pyridine rings is 1. The van der Waals surface area contributed by atoms with Crippen molar-refractivity contribution in [3.8, 4) is 0 Å². The highest BCUT2D eigenvalue weighted by atomic mass is 15.2. The molecule has 60 valence electrons. The Bertz CT molecular complexity index is 234. The van der Waals surface area contributed by atoms with Gasteiger partial charge in [0.25, 0.3) is 0 Å². The zero-order chi connectivity index (χ0) is 8.27. The van der Waals surface area contributed by atoms with Gasteiger partial charge in [0.1, 0.15) is 5.82 Å². The Kier molecular flexibility index (Phi) is 2.28. The molecule has 0 bridgehead atoms. The van der Waals surface area contributed by atoms with Crippen molar-refractivity contribution in [3.63, 3.8) is 0 Å². The van der Waals surface area contributed by atoms with Gasteiger partial charge in [0, 0.05) is 32.0 Å². The van der Waals surface area contributed by atoms with Gasteiger partial charge in [0.15, 0.2) is 0 Å². The van der Waals surface area contributed by atoms with Crippen LogP contribution in [-0.2, 0) is 0 Å². The van der Waals surface area contributed by atoms with Crippen molar-refractivity contribution in [2.45, 2.75) is 0 Å². The van der Waals surface area contributed by atoms with E-state index in [4.69, 9.17) is 5.84 Å². The molecule has 0 amide bonds. The summed E-state index contributed by atoms with van der Waals surface area (Å²) in [7, 11) is 3.94. The van der Waals surface area contributed by atoms with Gasteiger partial charge in [-0.25, -0.2) is 10.8 Å². The zero-order valence-corrected chi connectivity index (χ0v) is 6.70. The van der Waals surface area contributed by atoms with Crippen LogP contribution in [0.1, 0.15) is 0 Å². The largest absolute Gasteiger partial charge is 0.378 e. The molecule has 0 unspecified atom stereocenters. The van der Waals surface area contributed by atoms with Crippen LogP contribution in [0.25, 0.3) is 0 Å². The first kappa shape index (κ1) is 7.81. The van der Waals surface area contributed by atoms with Gasteiger partial charge in [-0.1, -0.05) is 0 Å². The van der Waals surface area contributed by atoms with Crippen LogP contribution in [0, 0.1) is 0 Å². The van der Waals surface area contributed by atoms with Gasteiger partial charge < -0.3 is 10.3 Å². The van der Waals surface area contributed by atoms with Crippen molar-refractivity contribution in [2.24, 2.45) is 5.84 Å². The Morgan fingerprint density at radius 3 is 2.82 bits per heavy atom. The number of hydrogen-bond acceptors (Lipinski definition) is 4. The molecule has 1 heterocycles. The summed E-state index contributed by atoms with van der Waals surface area (Å²) in [6.07, 6.45) is 1.71. The van der Waals surface area contributed by atoms with Crippen molar-refractivity contribution >= 4 is 11.5 Å². The van der Waals surface area contributed by atoms with Gasteiger partial charge in [-0.05, 0) is 6.07 Å². The summed E-state index contributed by atoms with van der Waals surface area (Å²) in [6, 6.07) is 3.79. The quantitative estimate of drug-likeness (QED) is 0.476. The fraction of sp³-hybridized carbons (Fsp3) is 0.286. The first-order chi connectivity index (χ1) is 5.24. The minimum atomic E-state index is 0.677. The number of aromatic nitrogens is 1. The average molecular weight is 152 g/mol. The summed E-state index contributed by atoms with van der Waals surface area (Å²) in [4.78, 5) is 5.97. The standard InChI is InChI=1S/C7H12N4/c1-11(2)6-3-4-9-7(5-6)10-8/h3-5H,8H2,1-2H3,(H,9,10). The van der Waals surface area contributed by atoms with Gasteiger partial charge in [-0.3, -0.25) is 0 Å². The van der Waals surface area contributed by atoms with Crippen LogP contribution in [0.5, 0.6) is 0 Å². The van der Waals surface area contributed by atoms with Crippen molar-refractivity contribution in [1.29, 1.82) is 0 Å². The molecule has 0 fully saturated rings. The topological polar surface area (TPSA) is 54.2 Å². The lowest BCUT2D eigenvalue weighted by Crippen LogP contribution is -2.12. The average Bonchev–Trinajstić information content (AvgIpc) is 2.05. The van der Waals surface area contributed by atoms with E-state index in [-0.39, 0.29) is 0 Å². The second kappa shape index (κ2) is 3.21. The first-order valence-electron chi connectivity index (χ1n) is 3.34. The summed E-state index contributed by atoms with van der Waals surface area (Å²) in [5, 5.41) is 0. The first-order valence-corrected chi connectivity index (χ1v) is 3.34. The van der Waals surface area contributed by atoms with E-state index in [9.17, 15) is 0 Å². The van der Waals surface area contributed by atoms with E-state index < -0.39 is 0 Å². The summed E-state index contributed by atoms with van der Waals surface area (Å²) in [5.41, 5.74) is 3.56. The Labute approximate surface area is 66.0 Å². The normalized spacial score (nSPS) is 9.36. The predicted molar refractivity (Wildman–Crippen MR) is 46.4 cm³/mol. The third-order valence-corrected chi connectivity index (χ3v) is 1.41. The van der Waals surface area contributed by atoms with Crippen LogP contribution in [0.2, 0.25) is 0 Å². The van der Waals surface area contributed by atoms with E-state index in [0.717, 1.165) is 5.69 Å². The molecule has 4 nitrogen and oxygen atoms in total. The van der Waals surface area contributed by atoms with Crippen LogP contribution < -0.4 is 16.2 Å². The molecular weight excluding hydrogens is 140 g/mol. The lowest BCUT2D eigenvalue weighted by atomic mass is 10.4. The van der Waals surface area contributed by atoms with Gasteiger partial charge >= 0.3 is 0 Å². The van der Waals surface area contributed by atoms with Crippen molar-refractivity contribution in [1.82, 2.24) is 4.98 Å². The lowest BCUT2D eigenvalue weighted by Gasteiger charge is -2.12. The van der Waals surface area contributed by atoms with E-state index >= 15 is 0 Å². The number of nitrogens with zero attached hydrogens (tertiary/aromatic N) is 2. The number of hydrazine groups is 1. The summed E-state index contributed by atoms with van der Waals surface area (Å²) in [6.45, 7) is 0. The van der Waals surface area contributed by atoms with Gasteiger partial charge in [0.2, 0.25) is 0 Å². The molecule has 0 aliphatic heterocycles. The Morgan fingerprint density at radius 2 is 2.27 bits per heavy atom. The third kappa shape index (κ3) is 1.81. The maximum Gasteiger partial charge on any atom is 0.141 e. The van der Waals surface area contributed by atoms with Gasteiger partial charge in [-0.15, -0.1) is 0 Å². The van der Waals surface area contributed by atoms with Gasteiger partial charge in [-0.2, -0.15) is 0 Å². The maximum absolute atomic E-state index is 5.19. The Morgan fingerprint density at radius 1 is 1.55 bits per heavy atom. The van der Waals surface area contributed by atoms with E-state index in [1.54, 1.807) is 6.20 Å². The van der Waals surface area contributed by atoms with Crippen LogP contribution in [0.4, 0.5) is 11.5 Å². The Hall–Kier alpha value is -1.29. The molecular formula is C7H12N4. The second-order valence-electron chi connectivity index (χ2n) is 2.44. The second-order valence-corrected chi connectivity index (χ2v) is 2.44. The van der Waals surface area contributed by atoms with Crippen LogP contribution >= 0.6 is 0 Å². The highest BCUT2D eigenvalue weighted by molar-refractivity contribution is 5.52. The predicted octanol–water partition coefficient (Wildman–Crippen LogP) is 0.433. The number of hydrogen-bond donors (Lipinski definition) is 2. The fourth-order valence-electron chi connectivity index (χ4n) is 0.776. The molecule has 0 spiro atoms.